The first-order chi connectivity index (χ1) is 9.24. The van der Waals surface area contributed by atoms with Crippen LogP contribution in [0.4, 0.5) is 0 Å². The van der Waals surface area contributed by atoms with Crippen LogP contribution < -0.4 is 4.74 Å². The minimum Gasteiger partial charge on any atom is -0.491 e. The second-order valence-corrected chi connectivity index (χ2v) is 4.54. The van der Waals surface area contributed by atoms with Gasteiger partial charge in [-0.05, 0) is 38.1 Å². The van der Waals surface area contributed by atoms with Crippen LogP contribution in [0.2, 0.25) is 0 Å². The molecule has 96 valence electrons. The van der Waals surface area contributed by atoms with Crippen LogP contribution in [0.3, 0.4) is 0 Å². The molecule has 0 saturated heterocycles. The molecule has 0 aliphatic heterocycles. The Morgan fingerprint density at radius 3 is 2.84 bits per heavy atom. The van der Waals surface area contributed by atoms with E-state index in [4.69, 9.17) is 4.74 Å². The number of rotatable bonds is 3. The Kier molecular flexibility index (Phi) is 2.87. The Labute approximate surface area is 110 Å². The first kappa shape index (κ1) is 11.6. The van der Waals surface area contributed by atoms with Crippen LogP contribution in [-0.4, -0.2) is 26.3 Å². The number of nitrogens with zero attached hydrogens (tertiary/aromatic N) is 3. The van der Waals surface area contributed by atoms with E-state index in [1.165, 1.54) is 6.33 Å². The molecule has 0 bridgehead atoms. The van der Waals surface area contributed by atoms with Gasteiger partial charge in [0.25, 0.3) is 0 Å². The Hall–Kier alpha value is -2.43. The number of hydrogen-bond acceptors (Lipinski definition) is 4. The first-order valence-corrected chi connectivity index (χ1v) is 6.15. The van der Waals surface area contributed by atoms with Crippen molar-refractivity contribution in [3.8, 4) is 17.1 Å². The maximum atomic E-state index is 5.71. The highest BCUT2D eigenvalue weighted by Crippen LogP contribution is 2.28. The standard InChI is InChI=1S/C14H14N4O/c1-9(2)19-10-3-4-12-11(7-10)14(18-17-12)13-5-6-15-8-16-13/h3-9H,1-2H3,(H,17,18). The molecule has 0 amide bonds. The van der Waals surface area contributed by atoms with E-state index in [2.05, 4.69) is 20.2 Å². The number of aromatic nitrogens is 4. The summed E-state index contributed by atoms with van der Waals surface area (Å²) in [6.45, 7) is 4.01. The number of fused-ring (bicyclic) bond motifs is 1. The Morgan fingerprint density at radius 1 is 1.21 bits per heavy atom. The predicted octanol–water partition coefficient (Wildman–Crippen LogP) is 2.81. The van der Waals surface area contributed by atoms with Crippen molar-refractivity contribution < 1.29 is 4.74 Å². The lowest BCUT2D eigenvalue weighted by molar-refractivity contribution is 0.243. The lowest BCUT2D eigenvalue weighted by atomic mass is 10.1. The van der Waals surface area contributed by atoms with Gasteiger partial charge in [0, 0.05) is 11.6 Å². The highest BCUT2D eigenvalue weighted by atomic mass is 16.5. The van der Waals surface area contributed by atoms with Gasteiger partial charge in [0.2, 0.25) is 0 Å². The fourth-order valence-electron chi connectivity index (χ4n) is 1.96. The third-order valence-electron chi connectivity index (χ3n) is 2.73. The van der Waals surface area contributed by atoms with Gasteiger partial charge in [-0.25, -0.2) is 9.97 Å². The molecule has 0 aliphatic rings. The number of nitrogens with one attached hydrogen (secondary N) is 1. The van der Waals surface area contributed by atoms with Crippen molar-refractivity contribution in [3.63, 3.8) is 0 Å². The fourth-order valence-corrected chi connectivity index (χ4v) is 1.96. The average Bonchev–Trinajstić information content (AvgIpc) is 2.82. The maximum absolute atomic E-state index is 5.71. The van der Waals surface area contributed by atoms with Gasteiger partial charge in [0.1, 0.15) is 17.8 Å². The van der Waals surface area contributed by atoms with Crippen LogP contribution in [0.25, 0.3) is 22.3 Å². The van der Waals surface area contributed by atoms with Gasteiger partial charge in [0.15, 0.2) is 0 Å². The highest BCUT2D eigenvalue weighted by molar-refractivity contribution is 5.92. The number of aromatic amines is 1. The molecular formula is C14H14N4O. The van der Waals surface area contributed by atoms with E-state index in [1.54, 1.807) is 6.20 Å². The van der Waals surface area contributed by atoms with Crippen molar-refractivity contribution in [3.05, 3.63) is 36.8 Å². The SMILES string of the molecule is CC(C)Oc1ccc2[nH]nc(-c3ccncn3)c2c1. The van der Waals surface area contributed by atoms with Crippen molar-refractivity contribution in [1.82, 2.24) is 20.2 Å². The summed E-state index contributed by atoms with van der Waals surface area (Å²) in [5, 5.41) is 8.31. The van der Waals surface area contributed by atoms with Crippen LogP contribution in [0, 0.1) is 0 Å². The summed E-state index contributed by atoms with van der Waals surface area (Å²) < 4.78 is 5.71. The number of ether oxygens (including phenoxy) is 1. The average molecular weight is 254 g/mol. The smallest absolute Gasteiger partial charge is 0.120 e. The van der Waals surface area contributed by atoms with Crippen LogP contribution >= 0.6 is 0 Å². The largest absolute Gasteiger partial charge is 0.491 e. The van der Waals surface area contributed by atoms with Gasteiger partial charge >= 0.3 is 0 Å². The molecular weight excluding hydrogens is 240 g/mol. The topological polar surface area (TPSA) is 63.7 Å². The Morgan fingerprint density at radius 2 is 2.11 bits per heavy atom. The molecule has 0 radical (unpaired) electrons. The van der Waals surface area contributed by atoms with E-state index >= 15 is 0 Å². The van der Waals surface area contributed by atoms with Crippen molar-refractivity contribution >= 4 is 10.9 Å². The summed E-state index contributed by atoms with van der Waals surface area (Å²) in [6.07, 6.45) is 3.37. The van der Waals surface area contributed by atoms with Crippen molar-refractivity contribution in [2.75, 3.05) is 0 Å². The minimum absolute atomic E-state index is 0.145. The quantitative estimate of drug-likeness (QED) is 0.780. The van der Waals surface area contributed by atoms with Crippen molar-refractivity contribution in [1.29, 1.82) is 0 Å². The van der Waals surface area contributed by atoms with Crippen LogP contribution in [0.5, 0.6) is 5.75 Å². The zero-order valence-corrected chi connectivity index (χ0v) is 10.8. The molecule has 2 aromatic heterocycles. The zero-order valence-electron chi connectivity index (χ0n) is 10.8. The van der Waals surface area contributed by atoms with Gasteiger partial charge in [0.05, 0.1) is 17.3 Å². The van der Waals surface area contributed by atoms with Crippen LogP contribution in [-0.2, 0) is 0 Å². The molecule has 5 heteroatoms. The molecule has 5 nitrogen and oxygen atoms in total. The van der Waals surface area contributed by atoms with Crippen molar-refractivity contribution in [2.24, 2.45) is 0 Å². The summed E-state index contributed by atoms with van der Waals surface area (Å²) in [7, 11) is 0. The lowest BCUT2D eigenvalue weighted by Crippen LogP contribution is -2.05. The molecule has 19 heavy (non-hydrogen) atoms. The van der Waals surface area contributed by atoms with Gasteiger partial charge in [-0.3, -0.25) is 5.10 Å². The molecule has 0 unspecified atom stereocenters. The van der Waals surface area contributed by atoms with Gasteiger partial charge < -0.3 is 4.74 Å². The maximum Gasteiger partial charge on any atom is 0.120 e. The van der Waals surface area contributed by atoms with Crippen LogP contribution in [0.15, 0.2) is 36.8 Å². The van der Waals surface area contributed by atoms with E-state index in [-0.39, 0.29) is 6.10 Å². The van der Waals surface area contributed by atoms with E-state index in [9.17, 15) is 0 Å². The van der Waals surface area contributed by atoms with E-state index < -0.39 is 0 Å². The Balaban J connectivity index is 2.11. The predicted molar refractivity (Wildman–Crippen MR) is 72.9 cm³/mol. The molecule has 0 spiro atoms. The summed E-state index contributed by atoms with van der Waals surface area (Å²) in [4.78, 5) is 8.15. The zero-order chi connectivity index (χ0) is 13.2. The Bertz CT molecular complexity index is 691. The van der Waals surface area contributed by atoms with Gasteiger partial charge in [-0.2, -0.15) is 5.10 Å². The molecule has 0 aliphatic carbocycles. The van der Waals surface area contributed by atoms with Gasteiger partial charge in [-0.15, -0.1) is 0 Å². The van der Waals surface area contributed by atoms with E-state index in [0.29, 0.717) is 0 Å². The molecule has 1 aromatic carbocycles. The normalized spacial score (nSPS) is 11.1. The van der Waals surface area contributed by atoms with E-state index in [1.807, 2.05) is 38.1 Å². The molecule has 2 heterocycles. The minimum atomic E-state index is 0.145. The van der Waals surface area contributed by atoms with Crippen molar-refractivity contribution in [2.45, 2.75) is 20.0 Å². The molecule has 3 rings (SSSR count). The second kappa shape index (κ2) is 4.68. The molecule has 3 aromatic rings. The lowest BCUT2D eigenvalue weighted by Gasteiger charge is -2.09. The van der Waals surface area contributed by atoms with E-state index in [0.717, 1.165) is 28.0 Å². The summed E-state index contributed by atoms with van der Waals surface area (Å²) in [6, 6.07) is 7.72. The third kappa shape index (κ3) is 2.27. The molecule has 0 saturated carbocycles. The fraction of sp³-hybridized carbons (Fsp3) is 0.214. The number of H-pyrrole nitrogens is 1. The molecule has 1 N–H and O–H groups in total. The molecule has 0 atom stereocenters. The summed E-state index contributed by atoms with van der Waals surface area (Å²) in [5.41, 5.74) is 2.57. The molecule has 0 fully saturated rings. The second-order valence-electron chi connectivity index (χ2n) is 4.54. The highest BCUT2D eigenvalue weighted by Gasteiger charge is 2.10. The first-order valence-electron chi connectivity index (χ1n) is 6.15. The number of benzene rings is 1. The third-order valence-corrected chi connectivity index (χ3v) is 2.73. The van der Waals surface area contributed by atoms with Crippen LogP contribution in [0.1, 0.15) is 13.8 Å². The van der Waals surface area contributed by atoms with Gasteiger partial charge in [-0.1, -0.05) is 0 Å². The summed E-state index contributed by atoms with van der Waals surface area (Å²) in [5.74, 6) is 0.833. The monoisotopic (exact) mass is 254 g/mol. The number of hydrogen-bond donors (Lipinski definition) is 1. The summed E-state index contributed by atoms with van der Waals surface area (Å²) >= 11 is 0.